The number of aromatic nitrogens is 2. The molecule has 6 nitrogen and oxygen atoms in total. The van der Waals surface area contributed by atoms with Gasteiger partial charge in [0.25, 0.3) is 5.56 Å². The first-order valence-corrected chi connectivity index (χ1v) is 9.72. The summed E-state index contributed by atoms with van der Waals surface area (Å²) >= 11 is 12.0. The molecule has 3 N–H and O–H groups in total. The minimum atomic E-state index is -0.423. The Morgan fingerprint density at radius 3 is 2.57 bits per heavy atom. The molecular formula is C22H15Cl2N3O3. The van der Waals surface area contributed by atoms with Crippen LogP contribution in [0.3, 0.4) is 0 Å². The molecule has 0 saturated heterocycles. The van der Waals surface area contributed by atoms with E-state index in [4.69, 9.17) is 23.2 Å². The van der Waals surface area contributed by atoms with Gasteiger partial charge in [0.2, 0.25) is 5.91 Å². The number of amides is 1. The number of H-pyrrole nitrogens is 1. The van der Waals surface area contributed by atoms with Crippen molar-refractivity contribution in [2.24, 2.45) is 0 Å². The lowest BCUT2D eigenvalue weighted by molar-refractivity contribution is -0.115. The third kappa shape index (κ3) is 4.01. The van der Waals surface area contributed by atoms with Crippen LogP contribution in [0.1, 0.15) is 5.56 Å². The Morgan fingerprint density at radius 1 is 1.07 bits per heavy atom. The molecule has 1 amide bonds. The molecule has 0 bridgehead atoms. The second kappa shape index (κ2) is 8.18. The maximum atomic E-state index is 12.6. The second-order valence-electron chi connectivity index (χ2n) is 6.64. The molecule has 0 atom stereocenters. The highest BCUT2D eigenvalue weighted by molar-refractivity contribution is 6.35. The topological polar surface area (TPSA) is 95.1 Å². The Bertz CT molecular complexity index is 1320. The van der Waals surface area contributed by atoms with Crippen LogP contribution in [0.2, 0.25) is 10.0 Å². The highest BCUT2D eigenvalue weighted by atomic mass is 35.5. The van der Waals surface area contributed by atoms with Crippen LogP contribution in [0.15, 0.2) is 65.5 Å². The van der Waals surface area contributed by atoms with Crippen LogP contribution in [0.5, 0.6) is 5.75 Å². The number of phenolic OH excluding ortho intramolecular Hbond substituents is 1. The van der Waals surface area contributed by atoms with Gasteiger partial charge in [-0.2, -0.15) is 5.10 Å². The van der Waals surface area contributed by atoms with Crippen LogP contribution in [-0.2, 0) is 11.2 Å². The molecule has 3 aromatic carbocycles. The van der Waals surface area contributed by atoms with Gasteiger partial charge in [0.15, 0.2) is 0 Å². The van der Waals surface area contributed by atoms with E-state index in [-0.39, 0.29) is 18.1 Å². The summed E-state index contributed by atoms with van der Waals surface area (Å²) in [6, 6.07) is 16.5. The van der Waals surface area contributed by atoms with E-state index in [9.17, 15) is 14.7 Å². The van der Waals surface area contributed by atoms with Crippen molar-refractivity contribution in [1.82, 2.24) is 10.2 Å². The monoisotopic (exact) mass is 439 g/mol. The summed E-state index contributed by atoms with van der Waals surface area (Å²) < 4.78 is 0. The minimum absolute atomic E-state index is 0.0280. The Hall–Kier alpha value is -3.35. The second-order valence-corrected chi connectivity index (χ2v) is 7.48. The van der Waals surface area contributed by atoms with Crippen molar-refractivity contribution in [2.45, 2.75) is 6.42 Å². The molecule has 8 heteroatoms. The fourth-order valence-corrected chi connectivity index (χ4v) is 3.67. The number of carbonyl (C=O) groups is 1. The molecule has 1 heterocycles. The maximum Gasteiger partial charge on any atom is 0.274 e. The highest BCUT2D eigenvalue weighted by Crippen LogP contribution is 2.29. The van der Waals surface area contributed by atoms with E-state index >= 15 is 0 Å². The normalized spacial score (nSPS) is 10.9. The molecule has 0 aliphatic heterocycles. The number of halogens is 2. The van der Waals surface area contributed by atoms with Crippen molar-refractivity contribution in [3.63, 3.8) is 0 Å². The predicted molar refractivity (Wildman–Crippen MR) is 118 cm³/mol. The zero-order valence-corrected chi connectivity index (χ0v) is 17.0. The summed E-state index contributed by atoms with van der Waals surface area (Å²) in [6.45, 7) is 0. The number of nitrogens with zero attached hydrogens (tertiary/aromatic N) is 1. The first-order valence-electron chi connectivity index (χ1n) is 8.97. The Labute approximate surface area is 181 Å². The number of hydrogen-bond acceptors (Lipinski definition) is 4. The first-order chi connectivity index (χ1) is 14.4. The van der Waals surface area contributed by atoms with Gasteiger partial charge in [0, 0.05) is 21.0 Å². The third-order valence-electron chi connectivity index (χ3n) is 4.60. The highest BCUT2D eigenvalue weighted by Gasteiger charge is 2.15. The molecule has 4 aromatic rings. The maximum absolute atomic E-state index is 12.6. The molecule has 1 aromatic heterocycles. The van der Waals surface area contributed by atoms with Crippen LogP contribution in [0, 0.1) is 0 Å². The molecule has 0 aliphatic carbocycles. The molecule has 150 valence electrons. The zero-order valence-electron chi connectivity index (χ0n) is 15.4. The van der Waals surface area contributed by atoms with E-state index in [0.29, 0.717) is 43.3 Å². The zero-order chi connectivity index (χ0) is 21.3. The van der Waals surface area contributed by atoms with Crippen LogP contribution in [-0.4, -0.2) is 21.2 Å². The summed E-state index contributed by atoms with van der Waals surface area (Å²) in [6.07, 6.45) is 0.0280. The number of aromatic hydroxyl groups is 1. The van der Waals surface area contributed by atoms with Gasteiger partial charge in [-0.15, -0.1) is 0 Å². The number of phenols is 1. The smallest absolute Gasteiger partial charge is 0.274 e. The van der Waals surface area contributed by atoms with Crippen LogP contribution >= 0.6 is 23.2 Å². The number of nitrogens with one attached hydrogen (secondary N) is 2. The average molecular weight is 440 g/mol. The Morgan fingerprint density at radius 2 is 1.83 bits per heavy atom. The van der Waals surface area contributed by atoms with Gasteiger partial charge in [-0.1, -0.05) is 41.4 Å². The summed E-state index contributed by atoms with van der Waals surface area (Å²) in [7, 11) is 0. The van der Waals surface area contributed by atoms with Gasteiger partial charge < -0.3 is 10.4 Å². The largest absolute Gasteiger partial charge is 0.508 e. The van der Waals surface area contributed by atoms with Gasteiger partial charge in [-0.05, 0) is 48.0 Å². The van der Waals surface area contributed by atoms with Gasteiger partial charge >= 0.3 is 0 Å². The van der Waals surface area contributed by atoms with E-state index in [1.165, 1.54) is 12.1 Å². The fraction of sp³-hybridized carbons (Fsp3) is 0.0455. The van der Waals surface area contributed by atoms with Crippen molar-refractivity contribution >= 4 is 45.6 Å². The summed E-state index contributed by atoms with van der Waals surface area (Å²) in [5.41, 5.74) is 1.81. The van der Waals surface area contributed by atoms with E-state index in [1.807, 2.05) is 0 Å². The number of rotatable bonds is 4. The molecule has 0 unspecified atom stereocenters. The van der Waals surface area contributed by atoms with E-state index < -0.39 is 5.56 Å². The van der Waals surface area contributed by atoms with Crippen LogP contribution < -0.4 is 10.9 Å². The lowest BCUT2D eigenvalue weighted by Gasteiger charge is -2.11. The molecule has 4 rings (SSSR count). The van der Waals surface area contributed by atoms with E-state index in [1.54, 1.807) is 48.5 Å². The van der Waals surface area contributed by atoms with Gasteiger partial charge in [-0.25, -0.2) is 5.10 Å². The summed E-state index contributed by atoms with van der Waals surface area (Å²) in [4.78, 5) is 25.1. The third-order valence-corrected chi connectivity index (χ3v) is 5.18. The van der Waals surface area contributed by atoms with Gasteiger partial charge in [-0.3, -0.25) is 9.59 Å². The molecule has 30 heavy (non-hydrogen) atoms. The molecule has 0 saturated carbocycles. The summed E-state index contributed by atoms with van der Waals surface area (Å²) in [5, 5.41) is 20.7. The number of benzene rings is 3. The van der Waals surface area contributed by atoms with Gasteiger partial charge in [0.05, 0.1) is 23.2 Å². The Kier molecular flexibility index (Phi) is 5.44. The van der Waals surface area contributed by atoms with Crippen molar-refractivity contribution < 1.29 is 9.90 Å². The van der Waals surface area contributed by atoms with Gasteiger partial charge in [0.1, 0.15) is 5.75 Å². The predicted octanol–water partition coefficient (Wildman–Crippen LogP) is 4.78. The number of hydrogen-bond donors (Lipinski definition) is 3. The molecular weight excluding hydrogens is 425 g/mol. The Balaban J connectivity index is 1.71. The number of carbonyl (C=O) groups excluding carboxylic acids is 1. The van der Waals surface area contributed by atoms with Crippen molar-refractivity contribution in [1.29, 1.82) is 0 Å². The first kappa shape index (κ1) is 19.9. The molecule has 0 spiro atoms. The minimum Gasteiger partial charge on any atom is -0.508 e. The lowest BCUT2D eigenvalue weighted by Crippen LogP contribution is -2.18. The molecule has 0 fully saturated rings. The lowest BCUT2D eigenvalue weighted by atomic mass is 10.0. The fourth-order valence-electron chi connectivity index (χ4n) is 3.19. The van der Waals surface area contributed by atoms with Crippen molar-refractivity contribution in [2.75, 3.05) is 5.32 Å². The molecule has 0 radical (unpaired) electrons. The summed E-state index contributed by atoms with van der Waals surface area (Å²) in [5.74, 6) is -0.199. The SMILES string of the molecule is O=C(Cc1ccc(Cl)cc1Cl)Nc1cccc2c(-c3ccc(O)cc3)n[nH]c(=O)c12. The quantitative estimate of drug-likeness (QED) is 0.426. The number of fused-ring (bicyclic) bond motifs is 1. The number of anilines is 1. The van der Waals surface area contributed by atoms with Crippen molar-refractivity contribution in [3.8, 4) is 17.0 Å². The van der Waals surface area contributed by atoms with E-state index in [2.05, 4.69) is 15.5 Å². The number of aromatic amines is 1. The van der Waals surface area contributed by atoms with Crippen LogP contribution in [0.4, 0.5) is 5.69 Å². The average Bonchev–Trinajstić information content (AvgIpc) is 2.71. The van der Waals surface area contributed by atoms with E-state index in [0.717, 1.165) is 0 Å². The molecule has 0 aliphatic rings. The standard InChI is InChI=1S/C22H15Cl2N3O3/c23-14-7-4-13(17(24)11-14)10-19(29)25-18-3-1-2-16-20(18)22(30)27-26-21(16)12-5-8-15(28)9-6-12/h1-9,11,28H,10H2,(H,25,29)(H,27,30). The van der Waals surface area contributed by atoms with Crippen molar-refractivity contribution in [3.05, 3.63) is 86.6 Å². The van der Waals surface area contributed by atoms with Crippen LogP contribution in [0.25, 0.3) is 22.0 Å².